The van der Waals surface area contributed by atoms with E-state index in [4.69, 9.17) is 9.47 Å². The lowest BCUT2D eigenvalue weighted by Crippen LogP contribution is -2.42. The van der Waals surface area contributed by atoms with Crippen molar-refractivity contribution in [3.63, 3.8) is 0 Å². The van der Waals surface area contributed by atoms with Gasteiger partial charge in [0.1, 0.15) is 5.82 Å². The molecule has 3 aliphatic rings. The summed E-state index contributed by atoms with van der Waals surface area (Å²) in [5, 5.41) is 0. The molecule has 0 aromatic heterocycles. The lowest BCUT2D eigenvalue weighted by atomic mass is 9.76. The number of hydrogen-bond acceptors (Lipinski definition) is 4. The molecule has 0 radical (unpaired) electrons. The number of allylic oxidation sites excluding steroid dienone is 2. The van der Waals surface area contributed by atoms with Gasteiger partial charge in [-0.05, 0) is 79.6 Å². The van der Waals surface area contributed by atoms with Gasteiger partial charge >= 0.3 is 12.4 Å². The van der Waals surface area contributed by atoms with Crippen LogP contribution in [-0.2, 0) is 26.6 Å². The van der Waals surface area contributed by atoms with E-state index in [1.165, 1.54) is 13.0 Å². The molecule has 2 fully saturated rings. The van der Waals surface area contributed by atoms with Crippen molar-refractivity contribution in [2.45, 2.75) is 64.3 Å². The van der Waals surface area contributed by atoms with Gasteiger partial charge in [-0.15, -0.1) is 0 Å². The molecule has 0 N–H and O–H groups in total. The molecule has 0 spiro atoms. The highest BCUT2D eigenvalue weighted by atomic mass is 19.4. The minimum absolute atomic E-state index is 0.0295. The van der Waals surface area contributed by atoms with E-state index in [0.717, 1.165) is 11.3 Å². The number of ketones is 1. The molecule has 41 heavy (non-hydrogen) atoms. The summed E-state index contributed by atoms with van der Waals surface area (Å²) in [4.78, 5) is 14.0. The lowest BCUT2D eigenvalue weighted by molar-refractivity contribution is -0.217. The van der Waals surface area contributed by atoms with Gasteiger partial charge in [0.25, 0.3) is 0 Å². The minimum Gasteiger partial charge on any atom is -0.374 e. The van der Waals surface area contributed by atoms with Crippen LogP contribution in [0.1, 0.15) is 65.2 Å². The third kappa shape index (κ3) is 6.02. The predicted molar refractivity (Wildman–Crippen MR) is 135 cm³/mol. The fraction of sp³-hybridized carbons (Fsp3) is 0.500. The average Bonchev–Trinajstić information content (AvgIpc) is 3.51. The number of carbonyl (C=O) groups excluding carboxylic acids is 1. The van der Waals surface area contributed by atoms with Gasteiger partial charge in [0, 0.05) is 43.1 Å². The fourth-order valence-corrected chi connectivity index (χ4v) is 6.23. The molecule has 5 rings (SSSR count). The normalized spacial score (nSPS) is 25.9. The highest BCUT2D eigenvalue weighted by molar-refractivity contribution is 5.92. The summed E-state index contributed by atoms with van der Waals surface area (Å²) in [6, 6.07) is 4.52. The van der Waals surface area contributed by atoms with E-state index in [1.807, 2.05) is 0 Å². The second-order valence-corrected chi connectivity index (χ2v) is 11.2. The summed E-state index contributed by atoms with van der Waals surface area (Å²) in [6.07, 6.45) is -9.46. The number of aryl methyl sites for hydroxylation is 2. The minimum atomic E-state index is -4.99. The van der Waals surface area contributed by atoms with Crippen molar-refractivity contribution in [3.8, 4) is 0 Å². The number of alkyl halides is 6. The molecule has 4 nitrogen and oxygen atoms in total. The Balaban J connectivity index is 1.50. The summed E-state index contributed by atoms with van der Waals surface area (Å²) in [5.74, 6) is -0.861. The van der Waals surface area contributed by atoms with Crippen LogP contribution in [0.2, 0.25) is 0 Å². The van der Waals surface area contributed by atoms with Crippen molar-refractivity contribution >= 4 is 5.78 Å². The number of benzene rings is 2. The van der Waals surface area contributed by atoms with E-state index >= 15 is 0 Å². The Hall–Kier alpha value is -2.92. The molecule has 0 amide bonds. The number of halogens is 7. The number of ether oxygens (including phenoxy) is 2. The fourth-order valence-electron chi connectivity index (χ4n) is 6.23. The van der Waals surface area contributed by atoms with E-state index in [0.29, 0.717) is 49.2 Å². The van der Waals surface area contributed by atoms with Crippen molar-refractivity contribution in [1.82, 2.24) is 4.90 Å². The number of nitrogens with zero attached hydrogens (tertiary/aromatic N) is 1. The van der Waals surface area contributed by atoms with Gasteiger partial charge in [-0.25, -0.2) is 4.39 Å². The van der Waals surface area contributed by atoms with E-state index < -0.39 is 47.6 Å². The summed E-state index contributed by atoms with van der Waals surface area (Å²) in [6.45, 7) is 6.20. The summed E-state index contributed by atoms with van der Waals surface area (Å²) in [5.41, 5.74) is -0.420. The highest BCUT2D eigenvalue weighted by Crippen LogP contribution is 2.47. The second-order valence-electron chi connectivity index (χ2n) is 11.2. The van der Waals surface area contributed by atoms with Crippen LogP contribution < -0.4 is 0 Å². The van der Waals surface area contributed by atoms with Crippen molar-refractivity contribution in [2.75, 3.05) is 19.7 Å². The zero-order valence-electron chi connectivity index (χ0n) is 22.7. The first kappa shape index (κ1) is 29.6. The van der Waals surface area contributed by atoms with Crippen LogP contribution in [0.3, 0.4) is 0 Å². The number of likely N-dealkylation sites (tertiary alicyclic amines) is 1. The maximum Gasteiger partial charge on any atom is 0.416 e. The molecule has 11 heteroatoms. The number of fused-ring (bicyclic) bond motifs is 1. The van der Waals surface area contributed by atoms with Crippen LogP contribution in [0.5, 0.6) is 0 Å². The Morgan fingerprint density at radius 2 is 1.59 bits per heavy atom. The number of rotatable bonds is 5. The Bertz CT molecular complexity index is 1330. The van der Waals surface area contributed by atoms with Crippen LogP contribution >= 0.6 is 0 Å². The third-order valence-corrected chi connectivity index (χ3v) is 8.41. The molecular formula is C30H30F7NO3. The molecular weight excluding hydrogens is 555 g/mol. The first-order chi connectivity index (χ1) is 19.1. The van der Waals surface area contributed by atoms with Crippen molar-refractivity contribution in [1.29, 1.82) is 0 Å². The van der Waals surface area contributed by atoms with Gasteiger partial charge in [0.05, 0.1) is 23.8 Å². The van der Waals surface area contributed by atoms with Crippen LogP contribution in [0.25, 0.3) is 0 Å². The van der Waals surface area contributed by atoms with Crippen molar-refractivity contribution < 1.29 is 45.0 Å². The van der Waals surface area contributed by atoms with E-state index in [1.54, 1.807) is 26.0 Å². The molecule has 2 aliphatic heterocycles. The topological polar surface area (TPSA) is 38.8 Å². The molecule has 0 unspecified atom stereocenters. The first-order valence-corrected chi connectivity index (χ1v) is 13.4. The van der Waals surface area contributed by atoms with E-state index in [2.05, 4.69) is 4.90 Å². The summed E-state index contributed by atoms with van der Waals surface area (Å²) >= 11 is 0. The quantitative estimate of drug-likeness (QED) is 0.341. The molecule has 222 valence electrons. The van der Waals surface area contributed by atoms with Crippen LogP contribution in [-0.4, -0.2) is 36.7 Å². The van der Waals surface area contributed by atoms with Gasteiger partial charge in [-0.3, -0.25) is 4.79 Å². The molecule has 2 aromatic carbocycles. The standard InChI is InChI=1S/C30H30F7NO3/c1-15-7-26(31)16(2)6-24(15)27-25-13-38(22-4-5-23(39)11-22)12-19(25)14-40-28(27)41-17(3)18-8-20(29(32,33)34)10-21(9-18)30(35,36)37/h6-11,17,19,25,27-28H,4-5,12-14H2,1-3H3/t17-,19+,25-,27+,28-/m1/s1. The molecule has 2 heterocycles. The first-order valence-electron chi connectivity index (χ1n) is 13.4. The monoisotopic (exact) mass is 585 g/mol. The van der Waals surface area contributed by atoms with Gasteiger partial charge in [0.2, 0.25) is 0 Å². The zero-order valence-corrected chi connectivity index (χ0v) is 22.7. The molecule has 0 bridgehead atoms. The Kier molecular flexibility index (Phi) is 7.74. The highest BCUT2D eigenvalue weighted by Gasteiger charge is 2.48. The smallest absolute Gasteiger partial charge is 0.374 e. The van der Waals surface area contributed by atoms with Gasteiger partial charge < -0.3 is 14.4 Å². The maximum absolute atomic E-state index is 14.4. The Morgan fingerprint density at radius 3 is 2.17 bits per heavy atom. The number of hydrogen-bond donors (Lipinski definition) is 0. The molecule has 2 saturated heterocycles. The zero-order chi connectivity index (χ0) is 29.9. The third-order valence-electron chi connectivity index (χ3n) is 8.41. The van der Waals surface area contributed by atoms with Crippen LogP contribution in [0.4, 0.5) is 30.7 Å². The maximum atomic E-state index is 14.4. The van der Waals surface area contributed by atoms with Crippen LogP contribution in [0, 0.1) is 31.5 Å². The largest absolute Gasteiger partial charge is 0.416 e. The van der Waals surface area contributed by atoms with E-state index in [9.17, 15) is 35.5 Å². The molecule has 5 atom stereocenters. The molecule has 0 saturated carbocycles. The Morgan fingerprint density at radius 1 is 0.927 bits per heavy atom. The lowest BCUT2D eigenvalue weighted by Gasteiger charge is -2.41. The van der Waals surface area contributed by atoms with Crippen molar-refractivity contribution in [2.24, 2.45) is 11.8 Å². The van der Waals surface area contributed by atoms with Gasteiger partial charge in [0.15, 0.2) is 12.1 Å². The van der Waals surface area contributed by atoms with Gasteiger partial charge in [-0.1, -0.05) is 6.07 Å². The SMILES string of the molecule is Cc1cc([C@@H]2[C@@H](O[C@H](C)c3cc(C(F)(F)F)cc(C(F)(F)F)c3)OC[C@@H]3CN(C4=CC(=O)CC4)C[C@H]32)c(C)cc1F. The average molecular weight is 586 g/mol. The van der Waals surface area contributed by atoms with Crippen molar-refractivity contribution in [3.05, 3.63) is 81.3 Å². The van der Waals surface area contributed by atoms with E-state index in [-0.39, 0.29) is 35.9 Å². The predicted octanol–water partition coefficient (Wildman–Crippen LogP) is 7.49. The summed E-state index contributed by atoms with van der Waals surface area (Å²) < 4.78 is 108. The Labute approximate surface area is 233 Å². The second kappa shape index (κ2) is 10.7. The molecule has 2 aromatic rings. The number of carbonyl (C=O) groups is 1. The molecule has 1 aliphatic carbocycles. The van der Waals surface area contributed by atoms with Gasteiger partial charge in [-0.2, -0.15) is 26.3 Å². The summed E-state index contributed by atoms with van der Waals surface area (Å²) in [7, 11) is 0. The van der Waals surface area contributed by atoms with Crippen LogP contribution in [0.15, 0.2) is 42.1 Å².